The fraction of sp³-hybridized carbons (Fsp3) is 0. The molecule has 136 heavy (non-hydrogen) atoms. The van der Waals surface area contributed by atoms with Crippen molar-refractivity contribution < 1.29 is 8.83 Å². The maximum Gasteiger partial charge on any atom is 0.164 e. The number of para-hydroxylation sites is 5. The average Bonchev–Trinajstić information content (AvgIpc) is 1.57. The highest BCUT2D eigenvalue weighted by atomic mass is 16.3. The third-order valence-corrected chi connectivity index (χ3v) is 26.1. The predicted octanol–water partition coefficient (Wildman–Crippen LogP) is 33.1. The fourth-order valence-electron chi connectivity index (χ4n) is 19.5. The molecule has 0 aliphatic heterocycles. The molecule has 636 valence electrons. The molecule has 0 saturated heterocycles. The molecule has 0 saturated carbocycles. The molecule has 0 aliphatic rings. The summed E-state index contributed by atoms with van der Waals surface area (Å²) in [6, 6.07) is 170. The van der Waals surface area contributed by atoms with Crippen LogP contribution in [-0.4, -0.2) is 39.0 Å². The molecule has 0 spiro atoms. The minimum Gasteiger partial charge on any atom is -0.456 e. The van der Waals surface area contributed by atoms with E-state index in [0.717, 1.165) is 200 Å². The zero-order valence-electron chi connectivity index (χ0n) is 73.6. The molecule has 0 bridgehead atoms. The van der Waals surface area contributed by atoms with Gasteiger partial charge < -0.3 is 18.0 Å². The van der Waals surface area contributed by atoms with E-state index in [2.05, 4.69) is 422 Å². The van der Waals surface area contributed by atoms with Crippen molar-refractivity contribution in [1.29, 1.82) is 0 Å². The van der Waals surface area contributed by atoms with Gasteiger partial charge in [0.2, 0.25) is 0 Å². The zero-order chi connectivity index (χ0) is 89.9. The normalized spacial score (nSPS) is 11.5. The van der Waals surface area contributed by atoms with Crippen molar-refractivity contribution in [2.75, 3.05) is 0 Å². The molecule has 0 amide bonds. The van der Waals surface area contributed by atoms with Crippen molar-refractivity contribution in [3.8, 4) is 169 Å². The van der Waals surface area contributed by atoms with Crippen molar-refractivity contribution in [1.82, 2.24) is 39.0 Å². The number of benzene rings is 20. The number of hydrogen-bond acceptors (Lipinski definition) is 8. The lowest BCUT2D eigenvalue weighted by Crippen LogP contribution is -2.01. The SMILES string of the molecule is c1ccc(-c2cc(-c3ccccc3)cc(-c3ccc(-c4ccc5c(c4)oc4cc6c(cc45)c4ccccc4n6-c4ccccc4)c(-c4nc(-c5ccccc5)nc(-c5ccccc5)n4)c3)c2)cc1.c1ccc(-c2cc(-c3ccccc3)cc(-c3ccc(-c4cccc5c4oc4cc6c(cc45)c4ccccc4n6-c4ccccc4)c(-c4nc(-c5ccccc5)nc(-c5ccccc5)n4)c3)c2)cc1. The second-order valence-electron chi connectivity index (χ2n) is 34.4. The largest absolute Gasteiger partial charge is 0.456 e. The van der Waals surface area contributed by atoms with Gasteiger partial charge in [0.25, 0.3) is 0 Å². The monoisotopic (exact) mass is 1740 g/mol. The molecule has 0 N–H and O–H groups in total. The van der Waals surface area contributed by atoms with Crippen LogP contribution in [0.4, 0.5) is 0 Å². The summed E-state index contributed by atoms with van der Waals surface area (Å²) < 4.78 is 18.6. The van der Waals surface area contributed by atoms with Crippen LogP contribution >= 0.6 is 0 Å². The van der Waals surface area contributed by atoms with E-state index in [-0.39, 0.29) is 0 Å². The van der Waals surface area contributed by atoms with Gasteiger partial charge in [-0.3, -0.25) is 0 Å². The Balaban J connectivity index is 0.000000145. The van der Waals surface area contributed by atoms with E-state index in [4.69, 9.17) is 38.7 Å². The van der Waals surface area contributed by atoms with E-state index in [1.807, 2.05) is 72.8 Å². The third-order valence-electron chi connectivity index (χ3n) is 26.1. The van der Waals surface area contributed by atoms with Crippen molar-refractivity contribution in [3.05, 3.63) is 485 Å². The molecule has 0 fully saturated rings. The van der Waals surface area contributed by atoms with Crippen LogP contribution in [0.25, 0.3) is 256 Å². The first-order chi connectivity index (χ1) is 67.4. The molecule has 0 unspecified atom stereocenters. The summed E-state index contributed by atoms with van der Waals surface area (Å²) in [6.07, 6.45) is 0. The Labute approximate surface area is 784 Å². The van der Waals surface area contributed by atoms with Crippen LogP contribution in [-0.2, 0) is 0 Å². The number of rotatable bonds is 16. The maximum atomic E-state index is 7.09. The van der Waals surface area contributed by atoms with Crippen molar-refractivity contribution in [3.63, 3.8) is 0 Å². The topological polar surface area (TPSA) is 113 Å². The first-order valence-corrected chi connectivity index (χ1v) is 45.8. The molecule has 6 aromatic heterocycles. The smallest absolute Gasteiger partial charge is 0.164 e. The lowest BCUT2D eigenvalue weighted by atomic mass is 9.90. The van der Waals surface area contributed by atoms with Gasteiger partial charge in [0.15, 0.2) is 34.9 Å². The highest BCUT2D eigenvalue weighted by molar-refractivity contribution is 6.20. The van der Waals surface area contributed by atoms with Crippen LogP contribution < -0.4 is 0 Å². The van der Waals surface area contributed by atoms with Gasteiger partial charge in [-0.15, -0.1) is 0 Å². The van der Waals surface area contributed by atoms with E-state index in [1.54, 1.807) is 0 Å². The minimum absolute atomic E-state index is 0.569. The van der Waals surface area contributed by atoms with E-state index in [0.29, 0.717) is 34.9 Å². The molecule has 0 aliphatic carbocycles. The summed E-state index contributed by atoms with van der Waals surface area (Å²) in [5.74, 6) is 3.56. The summed E-state index contributed by atoms with van der Waals surface area (Å²) in [6.45, 7) is 0. The molecular weight excluding hydrogens is 1660 g/mol. The molecule has 10 heteroatoms. The summed E-state index contributed by atoms with van der Waals surface area (Å²) in [5.41, 5.74) is 32.7. The third kappa shape index (κ3) is 14.8. The Hall–Kier alpha value is -18.4. The van der Waals surface area contributed by atoms with Crippen LogP contribution in [0.1, 0.15) is 0 Å². The first kappa shape index (κ1) is 79.8. The summed E-state index contributed by atoms with van der Waals surface area (Å²) in [7, 11) is 0. The predicted molar refractivity (Wildman–Crippen MR) is 559 cm³/mol. The highest BCUT2D eigenvalue weighted by Crippen LogP contribution is 2.48. The van der Waals surface area contributed by atoms with Gasteiger partial charge in [-0.25, -0.2) is 29.9 Å². The van der Waals surface area contributed by atoms with Crippen molar-refractivity contribution >= 4 is 87.5 Å². The number of furan rings is 2. The summed E-state index contributed by atoms with van der Waals surface area (Å²) in [4.78, 5) is 31.3. The second-order valence-corrected chi connectivity index (χ2v) is 34.4. The zero-order valence-corrected chi connectivity index (χ0v) is 73.6. The van der Waals surface area contributed by atoms with Crippen molar-refractivity contribution in [2.45, 2.75) is 0 Å². The second kappa shape index (κ2) is 34.2. The van der Waals surface area contributed by atoms with Crippen LogP contribution in [0.3, 0.4) is 0 Å². The lowest BCUT2D eigenvalue weighted by Gasteiger charge is -2.16. The van der Waals surface area contributed by atoms with Crippen LogP contribution in [0.15, 0.2) is 494 Å². The number of fused-ring (bicyclic) bond motifs is 12. The molecular formula is C126H80N8O2. The average molecular weight is 1740 g/mol. The summed E-state index contributed by atoms with van der Waals surface area (Å²) >= 11 is 0. The Bertz CT molecular complexity index is 8810. The molecule has 26 aromatic rings. The van der Waals surface area contributed by atoms with Gasteiger partial charge in [-0.1, -0.05) is 364 Å². The highest BCUT2D eigenvalue weighted by Gasteiger charge is 2.26. The molecule has 0 radical (unpaired) electrons. The first-order valence-electron chi connectivity index (χ1n) is 45.8. The number of nitrogens with zero attached hydrogens (tertiary/aromatic N) is 8. The molecule has 20 aromatic carbocycles. The maximum absolute atomic E-state index is 7.09. The molecule has 10 nitrogen and oxygen atoms in total. The minimum atomic E-state index is 0.569. The van der Waals surface area contributed by atoms with Crippen LogP contribution in [0.5, 0.6) is 0 Å². The van der Waals surface area contributed by atoms with E-state index < -0.39 is 0 Å². The molecule has 0 atom stereocenters. The number of aromatic nitrogens is 8. The van der Waals surface area contributed by atoms with Crippen LogP contribution in [0.2, 0.25) is 0 Å². The Kier molecular flexibility index (Phi) is 20.0. The van der Waals surface area contributed by atoms with Gasteiger partial charge >= 0.3 is 0 Å². The summed E-state index contributed by atoms with van der Waals surface area (Å²) in [5, 5.41) is 9.01. The van der Waals surface area contributed by atoms with Gasteiger partial charge in [-0.05, 0) is 193 Å². The van der Waals surface area contributed by atoms with E-state index >= 15 is 0 Å². The van der Waals surface area contributed by atoms with E-state index in [9.17, 15) is 0 Å². The molecule has 6 heterocycles. The van der Waals surface area contributed by atoms with Gasteiger partial charge in [0.1, 0.15) is 22.3 Å². The Morgan fingerprint density at radius 3 is 0.838 bits per heavy atom. The number of hydrogen-bond donors (Lipinski definition) is 0. The van der Waals surface area contributed by atoms with Gasteiger partial charge in [0, 0.05) is 106 Å². The standard InChI is InChI=1S/2C63H40N4O/c1-6-19-41(20-7-1)46-35-47(42-21-8-2-9-22-42)37-48(36-46)45-33-34-50(56(38-45)63-65-61(43-23-10-3-11-24-43)64-62(66-63)44-25-12-4-13-26-44)52-30-18-31-53-55-39-54-51-29-16-17-32-57(51)67(49-27-14-5-15-28-49)58(54)40-59(55)68-60(52)53;1-6-18-41(19-7-1)47-34-48(42-20-8-2-9-21-42)36-49(35-47)45-30-32-51(56(37-45)63-65-61(43-22-10-3-11-23-43)64-62(66-63)44-24-12-4-13-25-44)46-31-33-53-55-39-54-52-28-16-17-29-57(52)67(50-26-14-5-15-27-50)58(54)40-60(55)68-59(53)38-46/h2*1-40H. The fourth-order valence-corrected chi connectivity index (χ4v) is 19.5. The Morgan fingerprint density at radius 2 is 0.441 bits per heavy atom. The lowest BCUT2D eigenvalue weighted by molar-refractivity contribution is 0.669. The van der Waals surface area contributed by atoms with Gasteiger partial charge in [0.05, 0.1) is 22.1 Å². The van der Waals surface area contributed by atoms with E-state index in [1.165, 1.54) is 21.5 Å². The Morgan fingerprint density at radius 1 is 0.140 bits per heavy atom. The quantitative estimate of drug-likeness (QED) is 0.0940. The van der Waals surface area contributed by atoms with Crippen LogP contribution in [0, 0.1) is 0 Å². The van der Waals surface area contributed by atoms with Gasteiger partial charge in [-0.2, -0.15) is 0 Å². The van der Waals surface area contributed by atoms with Crippen molar-refractivity contribution in [2.24, 2.45) is 0 Å². The molecule has 26 rings (SSSR count).